The standard InChI is InChI=1S/C15H28N4.HI/c16-15(17-10-12-4-3-5-12)18-11-14-6-1-2-9-19(14)13-7-8-13;/h12-14H,1-11H2,(H3,16,17,18);1H. The maximum Gasteiger partial charge on any atom is 0.188 e. The molecule has 0 aromatic heterocycles. The summed E-state index contributed by atoms with van der Waals surface area (Å²) < 4.78 is 0. The minimum absolute atomic E-state index is 0. The molecule has 2 saturated carbocycles. The highest BCUT2D eigenvalue weighted by Crippen LogP contribution is 2.32. The Labute approximate surface area is 140 Å². The highest BCUT2D eigenvalue weighted by Gasteiger charge is 2.34. The van der Waals surface area contributed by atoms with Gasteiger partial charge in [0, 0.05) is 25.2 Å². The molecule has 0 aromatic carbocycles. The predicted molar refractivity (Wildman–Crippen MR) is 94.6 cm³/mol. The van der Waals surface area contributed by atoms with Crippen LogP contribution in [0.15, 0.2) is 4.99 Å². The number of nitrogens with zero attached hydrogens (tertiary/aromatic N) is 2. The van der Waals surface area contributed by atoms with E-state index in [1.807, 2.05) is 0 Å². The summed E-state index contributed by atoms with van der Waals surface area (Å²) in [7, 11) is 0. The van der Waals surface area contributed by atoms with E-state index in [2.05, 4.69) is 15.2 Å². The van der Waals surface area contributed by atoms with E-state index in [-0.39, 0.29) is 24.0 Å². The van der Waals surface area contributed by atoms with E-state index in [1.54, 1.807) is 0 Å². The van der Waals surface area contributed by atoms with Gasteiger partial charge in [-0.05, 0) is 51.0 Å². The highest BCUT2D eigenvalue weighted by molar-refractivity contribution is 14.0. The van der Waals surface area contributed by atoms with Crippen molar-refractivity contribution in [3.8, 4) is 0 Å². The van der Waals surface area contributed by atoms with Gasteiger partial charge >= 0.3 is 0 Å². The van der Waals surface area contributed by atoms with Crippen LogP contribution in [0.1, 0.15) is 51.4 Å². The number of nitrogens with one attached hydrogen (secondary N) is 1. The largest absolute Gasteiger partial charge is 0.370 e. The van der Waals surface area contributed by atoms with E-state index in [9.17, 15) is 0 Å². The minimum Gasteiger partial charge on any atom is -0.370 e. The second kappa shape index (κ2) is 7.82. The van der Waals surface area contributed by atoms with Crippen molar-refractivity contribution in [3.05, 3.63) is 0 Å². The number of aliphatic imine (C=N–C) groups is 1. The molecular formula is C15H29IN4. The number of guanidine groups is 1. The number of nitrogens with two attached hydrogens (primary N) is 1. The van der Waals surface area contributed by atoms with Crippen molar-refractivity contribution in [2.45, 2.75) is 63.5 Å². The maximum atomic E-state index is 5.98. The fourth-order valence-corrected chi connectivity index (χ4v) is 3.31. The Bertz CT molecular complexity index is 326. The van der Waals surface area contributed by atoms with Crippen LogP contribution in [0.3, 0.4) is 0 Å². The molecule has 3 aliphatic rings. The molecule has 2 aliphatic carbocycles. The van der Waals surface area contributed by atoms with Crippen molar-refractivity contribution >= 4 is 29.9 Å². The fraction of sp³-hybridized carbons (Fsp3) is 0.933. The molecule has 0 spiro atoms. The van der Waals surface area contributed by atoms with Gasteiger partial charge in [0.05, 0.1) is 0 Å². The third-order valence-electron chi connectivity index (χ3n) is 4.95. The molecule has 0 radical (unpaired) electrons. The predicted octanol–water partition coefficient (Wildman–Crippen LogP) is 2.33. The third-order valence-corrected chi connectivity index (χ3v) is 4.95. The number of hydrogen-bond acceptors (Lipinski definition) is 2. The summed E-state index contributed by atoms with van der Waals surface area (Å²) in [6.07, 6.45) is 10.9. The van der Waals surface area contributed by atoms with Crippen LogP contribution in [0.25, 0.3) is 0 Å². The van der Waals surface area contributed by atoms with Crippen molar-refractivity contribution < 1.29 is 0 Å². The number of rotatable bonds is 5. The normalized spacial score (nSPS) is 28.6. The van der Waals surface area contributed by atoms with Crippen LogP contribution in [-0.4, -0.2) is 42.6 Å². The third kappa shape index (κ3) is 4.48. The first-order chi connectivity index (χ1) is 9.33. The monoisotopic (exact) mass is 392 g/mol. The molecule has 1 aliphatic heterocycles. The summed E-state index contributed by atoms with van der Waals surface area (Å²) in [5.41, 5.74) is 5.98. The van der Waals surface area contributed by atoms with Gasteiger partial charge in [0.15, 0.2) is 5.96 Å². The Kier molecular flexibility index (Phi) is 6.39. The van der Waals surface area contributed by atoms with Crippen LogP contribution in [0.2, 0.25) is 0 Å². The Morgan fingerprint density at radius 1 is 1.10 bits per heavy atom. The molecule has 1 heterocycles. The summed E-state index contributed by atoms with van der Waals surface area (Å²) >= 11 is 0. The van der Waals surface area contributed by atoms with E-state index in [0.717, 1.165) is 25.0 Å². The van der Waals surface area contributed by atoms with Crippen molar-refractivity contribution in [3.63, 3.8) is 0 Å². The lowest BCUT2D eigenvalue weighted by atomic mass is 9.86. The molecule has 4 nitrogen and oxygen atoms in total. The summed E-state index contributed by atoms with van der Waals surface area (Å²) in [6, 6.07) is 1.55. The number of likely N-dealkylation sites (tertiary alicyclic amines) is 1. The zero-order chi connectivity index (χ0) is 13.1. The molecule has 3 fully saturated rings. The van der Waals surface area contributed by atoms with Gasteiger partial charge in [-0.1, -0.05) is 12.8 Å². The topological polar surface area (TPSA) is 53.6 Å². The second-order valence-corrected chi connectivity index (χ2v) is 6.52. The Balaban J connectivity index is 0.00000147. The van der Waals surface area contributed by atoms with Gasteiger partial charge in [-0.25, -0.2) is 0 Å². The van der Waals surface area contributed by atoms with E-state index in [0.29, 0.717) is 12.0 Å². The summed E-state index contributed by atoms with van der Waals surface area (Å²) in [5.74, 6) is 1.46. The van der Waals surface area contributed by atoms with Crippen LogP contribution >= 0.6 is 24.0 Å². The van der Waals surface area contributed by atoms with Gasteiger partial charge in [-0.3, -0.25) is 9.89 Å². The first-order valence-corrected chi connectivity index (χ1v) is 8.12. The molecule has 0 amide bonds. The Morgan fingerprint density at radius 3 is 2.55 bits per heavy atom. The highest BCUT2D eigenvalue weighted by atomic mass is 127. The Morgan fingerprint density at radius 2 is 1.90 bits per heavy atom. The number of piperidine rings is 1. The van der Waals surface area contributed by atoms with Gasteiger partial charge in [0.25, 0.3) is 0 Å². The van der Waals surface area contributed by atoms with Crippen LogP contribution in [0.4, 0.5) is 0 Å². The van der Waals surface area contributed by atoms with Crippen molar-refractivity contribution in [1.82, 2.24) is 10.2 Å². The van der Waals surface area contributed by atoms with Crippen LogP contribution in [0, 0.1) is 5.92 Å². The van der Waals surface area contributed by atoms with Gasteiger partial charge in [-0.15, -0.1) is 24.0 Å². The minimum atomic E-state index is 0. The van der Waals surface area contributed by atoms with E-state index < -0.39 is 0 Å². The van der Waals surface area contributed by atoms with Gasteiger partial charge in [0.1, 0.15) is 0 Å². The van der Waals surface area contributed by atoms with Crippen LogP contribution < -0.4 is 11.1 Å². The quantitative estimate of drug-likeness (QED) is 0.429. The number of halogens is 1. The Hall–Kier alpha value is -0.0400. The zero-order valence-corrected chi connectivity index (χ0v) is 14.7. The summed E-state index contributed by atoms with van der Waals surface area (Å²) in [4.78, 5) is 7.18. The van der Waals surface area contributed by atoms with Gasteiger partial charge < -0.3 is 11.1 Å². The first kappa shape index (κ1) is 16.3. The van der Waals surface area contributed by atoms with Crippen LogP contribution in [0.5, 0.6) is 0 Å². The average molecular weight is 392 g/mol. The second-order valence-electron chi connectivity index (χ2n) is 6.52. The van der Waals surface area contributed by atoms with Crippen LogP contribution in [-0.2, 0) is 0 Å². The molecule has 1 atom stereocenters. The van der Waals surface area contributed by atoms with E-state index >= 15 is 0 Å². The molecule has 0 bridgehead atoms. The van der Waals surface area contributed by atoms with E-state index in [4.69, 9.17) is 5.73 Å². The molecule has 3 rings (SSSR count). The molecule has 5 heteroatoms. The molecule has 1 saturated heterocycles. The molecule has 3 N–H and O–H groups in total. The van der Waals surface area contributed by atoms with Gasteiger partial charge in [-0.2, -0.15) is 0 Å². The lowest BCUT2D eigenvalue weighted by Crippen LogP contribution is -2.49. The summed E-state index contributed by atoms with van der Waals surface area (Å²) in [6.45, 7) is 3.20. The smallest absolute Gasteiger partial charge is 0.188 e. The molecule has 0 aromatic rings. The van der Waals surface area contributed by atoms with Crippen molar-refractivity contribution in [2.24, 2.45) is 16.6 Å². The SMILES string of the molecule is I.NC(=NCC1CCC1)NCC1CCCCN1C1CC1. The lowest BCUT2D eigenvalue weighted by molar-refractivity contribution is 0.140. The molecule has 1 unspecified atom stereocenters. The maximum absolute atomic E-state index is 5.98. The van der Waals surface area contributed by atoms with Crippen molar-refractivity contribution in [2.75, 3.05) is 19.6 Å². The zero-order valence-electron chi connectivity index (χ0n) is 12.4. The van der Waals surface area contributed by atoms with E-state index in [1.165, 1.54) is 57.9 Å². The van der Waals surface area contributed by atoms with Crippen molar-refractivity contribution in [1.29, 1.82) is 0 Å². The first-order valence-electron chi connectivity index (χ1n) is 8.12. The molecular weight excluding hydrogens is 363 g/mol. The summed E-state index contributed by atoms with van der Waals surface area (Å²) in [5, 5.41) is 3.35. The fourth-order valence-electron chi connectivity index (χ4n) is 3.31. The average Bonchev–Trinajstić information content (AvgIpc) is 3.19. The lowest BCUT2D eigenvalue weighted by Gasteiger charge is -2.36. The molecule has 116 valence electrons. The van der Waals surface area contributed by atoms with Gasteiger partial charge in [0.2, 0.25) is 0 Å². The molecule has 20 heavy (non-hydrogen) atoms. The number of hydrogen-bond donors (Lipinski definition) is 2.